The number of hydrogen-bond acceptors (Lipinski definition) is 4. The molecule has 154 valence electrons. The SMILES string of the molecule is CC(C)=CCC/C(C)=C/CCC1(C)OC2=C(CC1O)C(O)=CC1C(=O)NCC21. The Balaban J connectivity index is 1.67. The van der Waals surface area contributed by atoms with Crippen LogP contribution in [0.25, 0.3) is 0 Å². The Kier molecular flexibility index (Phi) is 6.04. The van der Waals surface area contributed by atoms with E-state index < -0.39 is 11.7 Å². The van der Waals surface area contributed by atoms with E-state index in [9.17, 15) is 15.0 Å². The molecule has 4 atom stereocenters. The van der Waals surface area contributed by atoms with E-state index in [1.54, 1.807) is 6.08 Å². The van der Waals surface area contributed by atoms with Crippen molar-refractivity contribution in [1.29, 1.82) is 0 Å². The number of aliphatic hydroxyl groups excluding tert-OH is 2. The molecule has 2 heterocycles. The number of ether oxygens (including phenoxy) is 1. The van der Waals surface area contributed by atoms with Crippen LogP contribution in [0.4, 0.5) is 0 Å². The molecule has 28 heavy (non-hydrogen) atoms. The van der Waals surface area contributed by atoms with E-state index in [0.29, 0.717) is 30.7 Å². The maximum Gasteiger partial charge on any atom is 0.227 e. The van der Waals surface area contributed by atoms with E-state index in [-0.39, 0.29) is 23.5 Å². The van der Waals surface area contributed by atoms with Crippen molar-refractivity contribution in [2.45, 2.75) is 71.5 Å². The van der Waals surface area contributed by atoms with Crippen LogP contribution in [0.2, 0.25) is 0 Å². The van der Waals surface area contributed by atoms with Crippen LogP contribution in [-0.4, -0.2) is 34.4 Å². The van der Waals surface area contributed by atoms with Crippen molar-refractivity contribution in [1.82, 2.24) is 5.32 Å². The molecule has 1 amide bonds. The smallest absolute Gasteiger partial charge is 0.227 e. The molecule has 4 unspecified atom stereocenters. The maximum absolute atomic E-state index is 12.0. The standard InChI is InChI=1S/C23H33NO4/c1-14(2)7-5-8-15(3)9-6-10-23(4)20(26)12-17-19(25)11-16-18(21(17)28-23)13-24-22(16)27/h7,9,11,16,18,20,25-26H,5-6,8,10,12-13H2,1-4H3,(H,24,27)/b15-9+. The Morgan fingerprint density at radius 3 is 2.79 bits per heavy atom. The predicted octanol–water partition coefficient (Wildman–Crippen LogP) is 4.07. The topological polar surface area (TPSA) is 78.8 Å². The summed E-state index contributed by atoms with van der Waals surface area (Å²) in [6.07, 6.45) is 9.34. The van der Waals surface area contributed by atoms with Gasteiger partial charge in [0.25, 0.3) is 0 Å². The van der Waals surface area contributed by atoms with E-state index in [1.807, 2.05) is 6.92 Å². The van der Waals surface area contributed by atoms with Gasteiger partial charge >= 0.3 is 0 Å². The van der Waals surface area contributed by atoms with Gasteiger partial charge in [-0.2, -0.15) is 0 Å². The molecule has 1 saturated heterocycles. The number of allylic oxidation sites excluding steroid dienone is 5. The largest absolute Gasteiger partial charge is 0.508 e. The van der Waals surface area contributed by atoms with E-state index in [1.165, 1.54) is 11.1 Å². The Hall–Kier alpha value is -2.01. The molecule has 1 aliphatic carbocycles. The van der Waals surface area contributed by atoms with E-state index >= 15 is 0 Å². The van der Waals surface area contributed by atoms with E-state index in [4.69, 9.17) is 4.74 Å². The number of fused-ring (bicyclic) bond motifs is 2. The molecule has 0 aromatic carbocycles. The summed E-state index contributed by atoms with van der Waals surface area (Å²) in [4.78, 5) is 12.0. The van der Waals surface area contributed by atoms with Crippen LogP contribution in [0.15, 0.2) is 46.5 Å². The summed E-state index contributed by atoms with van der Waals surface area (Å²) < 4.78 is 6.32. The molecule has 5 heteroatoms. The average Bonchev–Trinajstić information content (AvgIpc) is 2.97. The van der Waals surface area contributed by atoms with Crippen LogP contribution in [0.1, 0.15) is 59.8 Å². The summed E-state index contributed by atoms with van der Waals surface area (Å²) in [5, 5.41) is 23.9. The Morgan fingerprint density at radius 2 is 2.07 bits per heavy atom. The molecule has 1 fully saturated rings. The molecule has 3 N–H and O–H groups in total. The zero-order chi connectivity index (χ0) is 20.5. The minimum Gasteiger partial charge on any atom is -0.508 e. The molecule has 0 aromatic heterocycles. The molecular formula is C23H33NO4. The lowest BCUT2D eigenvalue weighted by Gasteiger charge is -2.44. The Labute approximate surface area is 167 Å². The van der Waals surface area contributed by atoms with Gasteiger partial charge in [0.05, 0.1) is 12.0 Å². The van der Waals surface area contributed by atoms with Gasteiger partial charge in [0.2, 0.25) is 5.91 Å². The maximum atomic E-state index is 12.0. The number of rotatable bonds is 6. The van der Waals surface area contributed by atoms with Crippen molar-refractivity contribution in [2.75, 3.05) is 6.54 Å². The highest BCUT2D eigenvalue weighted by atomic mass is 16.5. The van der Waals surface area contributed by atoms with Crippen LogP contribution in [0.3, 0.4) is 0 Å². The summed E-state index contributed by atoms with van der Waals surface area (Å²) in [6, 6.07) is 0. The van der Waals surface area contributed by atoms with Gasteiger partial charge < -0.3 is 20.3 Å². The number of carbonyl (C=O) groups excluding carboxylic acids is 1. The monoisotopic (exact) mass is 387 g/mol. The van der Waals surface area contributed by atoms with Crippen LogP contribution < -0.4 is 5.32 Å². The summed E-state index contributed by atoms with van der Waals surface area (Å²) >= 11 is 0. The highest BCUT2D eigenvalue weighted by molar-refractivity contribution is 5.84. The molecular weight excluding hydrogens is 354 g/mol. The van der Waals surface area contributed by atoms with Crippen LogP contribution in [0.5, 0.6) is 0 Å². The number of amides is 1. The lowest BCUT2D eigenvalue weighted by Crippen LogP contribution is -2.47. The fourth-order valence-corrected chi connectivity index (χ4v) is 4.29. The lowest BCUT2D eigenvalue weighted by molar-refractivity contribution is -0.124. The zero-order valence-corrected chi connectivity index (χ0v) is 17.4. The summed E-state index contributed by atoms with van der Waals surface area (Å²) in [7, 11) is 0. The highest BCUT2D eigenvalue weighted by Crippen LogP contribution is 2.46. The van der Waals surface area contributed by atoms with Crippen LogP contribution in [-0.2, 0) is 9.53 Å². The molecule has 0 aromatic rings. The number of aliphatic hydroxyl groups is 2. The van der Waals surface area contributed by atoms with Gasteiger partial charge in [-0.15, -0.1) is 0 Å². The van der Waals surface area contributed by atoms with Gasteiger partial charge in [-0.05, 0) is 59.5 Å². The molecule has 5 nitrogen and oxygen atoms in total. The average molecular weight is 388 g/mol. The molecule has 2 aliphatic heterocycles. The lowest BCUT2D eigenvalue weighted by atomic mass is 9.78. The van der Waals surface area contributed by atoms with Gasteiger partial charge in [-0.3, -0.25) is 4.79 Å². The third kappa shape index (κ3) is 4.19. The zero-order valence-electron chi connectivity index (χ0n) is 17.4. The van der Waals surface area contributed by atoms with Gasteiger partial charge in [0.1, 0.15) is 17.1 Å². The fraction of sp³-hybridized carbons (Fsp3) is 0.609. The van der Waals surface area contributed by atoms with Gasteiger partial charge in [0.15, 0.2) is 0 Å². The fourth-order valence-electron chi connectivity index (χ4n) is 4.29. The van der Waals surface area contributed by atoms with Crippen molar-refractivity contribution in [2.24, 2.45) is 11.8 Å². The van der Waals surface area contributed by atoms with Crippen molar-refractivity contribution in [3.05, 3.63) is 46.5 Å². The molecule has 0 spiro atoms. The van der Waals surface area contributed by atoms with Crippen LogP contribution >= 0.6 is 0 Å². The Bertz CT molecular complexity index is 757. The predicted molar refractivity (Wildman–Crippen MR) is 109 cm³/mol. The summed E-state index contributed by atoms with van der Waals surface area (Å²) in [6.45, 7) is 8.82. The molecule has 3 aliphatic rings. The Morgan fingerprint density at radius 1 is 1.32 bits per heavy atom. The highest BCUT2D eigenvalue weighted by Gasteiger charge is 2.49. The van der Waals surface area contributed by atoms with Crippen LogP contribution in [0, 0.1) is 11.8 Å². The minimum atomic E-state index is -0.719. The minimum absolute atomic E-state index is 0.0735. The molecule has 0 saturated carbocycles. The number of carbonyl (C=O) groups is 1. The first kappa shape index (κ1) is 20.7. The van der Waals surface area contributed by atoms with Gasteiger partial charge in [0, 0.05) is 24.5 Å². The van der Waals surface area contributed by atoms with Gasteiger partial charge in [-0.25, -0.2) is 0 Å². The summed E-state index contributed by atoms with van der Waals surface area (Å²) in [5.74, 6) is 0.210. The molecule has 3 rings (SSSR count). The van der Waals surface area contributed by atoms with Crippen molar-refractivity contribution < 1.29 is 19.7 Å². The molecule has 0 radical (unpaired) electrons. The van der Waals surface area contributed by atoms with Crippen molar-refractivity contribution >= 4 is 5.91 Å². The second-order valence-electron chi connectivity index (χ2n) is 8.82. The second-order valence-corrected chi connectivity index (χ2v) is 8.82. The number of hydrogen-bond donors (Lipinski definition) is 3. The van der Waals surface area contributed by atoms with Crippen molar-refractivity contribution in [3.63, 3.8) is 0 Å². The van der Waals surface area contributed by atoms with Gasteiger partial charge in [-0.1, -0.05) is 23.3 Å². The van der Waals surface area contributed by atoms with Crippen molar-refractivity contribution in [3.8, 4) is 0 Å². The number of nitrogens with one attached hydrogen (secondary N) is 1. The first-order valence-corrected chi connectivity index (χ1v) is 10.3. The normalized spacial score (nSPS) is 32.2. The van der Waals surface area contributed by atoms with E-state index in [0.717, 1.165) is 19.3 Å². The quantitative estimate of drug-likeness (QED) is 0.600. The summed E-state index contributed by atoms with van der Waals surface area (Å²) in [5.41, 5.74) is 2.61. The first-order chi connectivity index (χ1) is 13.2. The van der Waals surface area contributed by atoms with E-state index in [2.05, 4.69) is 38.2 Å². The third-order valence-corrected chi connectivity index (χ3v) is 6.18. The third-order valence-electron chi connectivity index (χ3n) is 6.18. The second kappa shape index (κ2) is 8.16. The first-order valence-electron chi connectivity index (χ1n) is 10.3. The molecule has 0 bridgehead atoms.